The van der Waals surface area contributed by atoms with Gasteiger partial charge in [0.05, 0.1) is 0 Å². The summed E-state index contributed by atoms with van der Waals surface area (Å²) < 4.78 is 0. The third-order valence-corrected chi connectivity index (χ3v) is 0. The third kappa shape index (κ3) is 31.5. The van der Waals surface area contributed by atoms with Gasteiger partial charge in [0.1, 0.15) is 0 Å². The van der Waals surface area contributed by atoms with E-state index in [-0.39, 0.29) is 33.5 Å². The van der Waals surface area contributed by atoms with Gasteiger partial charge in [-0.1, -0.05) is 0 Å². The van der Waals surface area contributed by atoms with Gasteiger partial charge in [-0.2, -0.15) is 0 Å². The van der Waals surface area contributed by atoms with Crippen LogP contribution < -0.4 is 0 Å². The van der Waals surface area contributed by atoms with Gasteiger partial charge in [0, 0.05) is 0 Å². The van der Waals surface area contributed by atoms with Crippen molar-refractivity contribution in [3.63, 3.8) is 0 Å². The molecule has 4 heavy (non-hydrogen) atoms. The number of rotatable bonds is 0. The molecule has 0 amide bonds. The Hall–Kier alpha value is 0.379. The van der Waals surface area contributed by atoms with Crippen LogP contribution >= 0.6 is 12.4 Å². The summed E-state index contributed by atoms with van der Waals surface area (Å²) in [5, 5.41) is 0. The van der Waals surface area contributed by atoms with Crippen molar-refractivity contribution in [3.05, 3.63) is 0 Å². The monoisotopic (exact) mass is 79.0 g/mol. The van der Waals surface area contributed by atoms with Crippen molar-refractivity contribution in [3.8, 4) is 0 Å². The minimum Gasteiger partial charge on any atom is -0.870 e. The molecule has 0 aliphatic rings. The molecule has 2 nitrogen and oxygen atoms in total. The van der Waals surface area contributed by atoms with Crippen molar-refractivity contribution in [2.75, 3.05) is 0 Å². The summed E-state index contributed by atoms with van der Waals surface area (Å²) in [6, 6.07) is 0. The summed E-state index contributed by atoms with van der Waals surface area (Å²) in [6.07, 6.45) is 0. The van der Waals surface area contributed by atoms with Crippen molar-refractivity contribution in [2.24, 2.45) is 0 Å². The fourth-order valence-electron chi connectivity index (χ4n) is 0. The smallest absolute Gasteiger partial charge is 0.870 e. The van der Waals surface area contributed by atoms with Gasteiger partial charge in [0.2, 0.25) is 0 Å². The van der Waals surface area contributed by atoms with Gasteiger partial charge >= 0.3 is 10.1 Å². The van der Waals surface area contributed by atoms with E-state index in [0.29, 0.717) is 0 Å². The van der Waals surface area contributed by atoms with Crippen molar-refractivity contribution in [1.82, 2.24) is 0 Å². The molecule has 4 heteroatoms. The minimum absolute atomic E-state index is 0. The first-order valence-corrected chi connectivity index (χ1v) is 0. The molecule has 0 heterocycles. The molecular formula is H3BeClO2. The van der Waals surface area contributed by atoms with Crippen molar-refractivity contribution in [1.29, 1.82) is 0 Å². The van der Waals surface area contributed by atoms with E-state index in [2.05, 4.69) is 0 Å². The van der Waals surface area contributed by atoms with Gasteiger partial charge in [-0.05, 0) is 0 Å². The molecule has 0 saturated carbocycles. The molecule has 0 aliphatic heterocycles. The van der Waals surface area contributed by atoms with Gasteiger partial charge in [0.15, 0.2) is 0 Å². The zero-order valence-electron chi connectivity index (χ0n) is 2.01. The molecule has 0 saturated heterocycles. The van der Waals surface area contributed by atoms with Crippen molar-refractivity contribution >= 4 is 22.5 Å². The number of hydrogen-bond acceptors (Lipinski definition) is 2. The Labute approximate surface area is 34.4 Å². The Morgan fingerprint density at radius 2 is 0.750 bits per heavy atom. The molecule has 2 N–H and O–H groups in total. The maximum Gasteiger partial charge on any atom is 2.00 e. The van der Waals surface area contributed by atoms with Crippen LogP contribution in [-0.2, 0) is 0 Å². The van der Waals surface area contributed by atoms with Crippen molar-refractivity contribution in [2.45, 2.75) is 0 Å². The molecule has 0 aromatic rings. The zero-order valence-corrected chi connectivity index (χ0v) is 2.83. The Morgan fingerprint density at radius 1 is 0.750 bits per heavy atom. The van der Waals surface area contributed by atoms with E-state index in [1.54, 1.807) is 0 Å². The Morgan fingerprint density at radius 3 is 0.750 bits per heavy atom. The predicted molar refractivity (Wildman–Crippen MR) is 16.9 cm³/mol. The first kappa shape index (κ1) is 348. The molecule has 0 aromatic carbocycles. The Bertz CT molecular complexity index is 6.00. The van der Waals surface area contributed by atoms with Crippen LogP contribution in [0.15, 0.2) is 0 Å². The summed E-state index contributed by atoms with van der Waals surface area (Å²) in [7, 11) is 0. The second-order valence-electron chi connectivity index (χ2n) is 0. The molecule has 0 fully saturated rings. The first-order valence-electron chi connectivity index (χ1n) is 0. The molecule has 0 rings (SSSR count). The van der Waals surface area contributed by atoms with Crippen LogP contribution in [0.2, 0.25) is 0 Å². The zero-order chi connectivity index (χ0) is 0. The third-order valence-electron chi connectivity index (χ3n) is 0. The topological polar surface area (TPSA) is 60.0 Å². The van der Waals surface area contributed by atoms with E-state index in [1.807, 2.05) is 0 Å². The fraction of sp³-hybridized carbons (Fsp3) is 0. The van der Waals surface area contributed by atoms with Crippen LogP contribution in [-0.4, -0.2) is 21.1 Å². The van der Waals surface area contributed by atoms with E-state index in [0.717, 1.165) is 0 Å². The molecule has 0 bridgehead atoms. The molecule has 0 radical (unpaired) electrons. The fourth-order valence-corrected chi connectivity index (χ4v) is 0. The summed E-state index contributed by atoms with van der Waals surface area (Å²) in [5.74, 6) is 0. The van der Waals surface area contributed by atoms with Gasteiger partial charge in [-0.15, -0.1) is 12.4 Å². The van der Waals surface area contributed by atoms with Gasteiger partial charge in [-0.25, -0.2) is 0 Å². The maximum atomic E-state index is 0. The van der Waals surface area contributed by atoms with Crippen LogP contribution in [0.25, 0.3) is 0 Å². The molecular weight excluding hydrogens is 76.5 g/mol. The quantitative estimate of drug-likeness (QED) is 0.374. The van der Waals surface area contributed by atoms with Crippen LogP contribution in [0, 0.1) is 0 Å². The molecule has 0 aliphatic carbocycles. The first-order chi connectivity index (χ1) is 0. The van der Waals surface area contributed by atoms with E-state index in [4.69, 9.17) is 0 Å². The summed E-state index contributed by atoms with van der Waals surface area (Å²) in [4.78, 5) is 0. The second kappa shape index (κ2) is 133. The molecule has 0 atom stereocenters. The Balaban J connectivity index is 0. The number of halogens is 1. The second-order valence-corrected chi connectivity index (χ2v) is 0. The number of hydrogen-bond donors (Lipinski definition) is 0. The van der Waals surface area contributed by atoms with Gasteiger partial charge < -0.3 is 11.0 Å². The normalized spacial score (nSPS) is 0. The summed E-state index contributed by atoms with van der Waals surface area (Å²) >= 11 is 0. The van der Waals surface area contributed by atoms with Crippen LogP contribution in [0.1, 0.15) is 0 Å². The molecule has 0 unspecified atom stereocenters. The summed E-state index contributed by atoms with van der Waals surface area (Å²) in [6.45, 7) is 0. The standard InChI is InChI=1S/Be.ClH.2H2O/h;1H;2*1H2/q+2;;;/p-2. The maximum absolute atomic E-state index is 0. The van der Waals surface area contributed by atoms with Gasteiger partial charge in [-0.3, -0.25) is 0 Å². The van der Waals surface area contributed by atoms with Gasteiger partial charge in [0.25, 0.3) is 0 Å². The van der Waals surface area contributed by atoms with Crippen LogP contribution in [0.4, 0.5) is 0 Å². The summed E-state index contributed by atoms with van der Waals surface area (Å²) in [5.41, 5.74) is 0. The van der Waals surface area contributed by atoms with Crippen LogP contribution in [0.3, 0.4) is 0 Å². The van der Waals surface area contributed by atoms with E-state index in [1.165, 1.54) is 0 Å². The molecule has 0 aromatic heterocycles. The minimum atomic E-state index is 0. The SMILES string of the molecule is Cl.[Be+2].[OH-].[OH-]. The molecule has 24 valence electrons. The van der Waals surface area contributed by atoms with E-state index >= 15 is 0 Å². The van der Waals surface area contributed by atoms with E-state index in [9.17, 15) is 0 Å². The Kier molecular flexibility index (Phi) is 11600. The predicted octanol–water partition coefficient (Wildman–Crippen LogP) is -0.313. The average Bonchev–Trinajstić information content (AvgIpc) is 0. The van der Waals surface area contributed by atoms with Crippen molar-refractivity contribution < 1.29 is 11.0 Å². The largest absolute Gasteiger partial charge is 2.00 e. The molecule has 0 spiro atoms. The van der Waals surface area contributed by atoms with E-state index < -0.39 is 0 Å². The van der Waals surface area contributed by atoms with Crippen LogP contribution in [0.5, 0.6) is 0 Å². The average molecular weight is 79.5 g/mol.